The third-order valence-electron chi connectivity index (χ3n) is 4.26. The Morgan fingerprint density at radius 2 is 1.74 bits per heavy atom. The molecule has 1 N–H and O–H groups in total. The molecule has 1 rings (SSSR count). The van der Waals surface area contributed by atoms with Crippen molar-refractivity contribution in [1.82, 2.24) is 10.2 Å². The molecule has 2 heteroatoms. The molecule has 0 aromatic carbocycles. The number of hydrogen-bond donors (Lipinski definition) is 1. The van der Waals surface area contributed by atoms with E-state index in [0.717, 1.165) is 12.5 Å². The predicted octanol–water partition coefficient (Wildman–Crippen LogP) is 3.91. The molecular formula is C17H36N2. The molecule has 1 aliphatic heterocycles. The molecule has 0 radical (unpaired) electrons. The summed E-state index contributed by atoms with van der Waals surface area (Å²) in [4.78, 5) is 2.72. The van der Waals surface area contributed by atoms with Crippen LogP contribution in [0.25, 0.3) is 0 Å². The van der Waals surface area contributed by atoms with E-state index in [4.69, 9.17) is 0 Å². The molecule has 1 heterocycles. The van der Waals surface area contributed by atoms with Gasteiger partial charge in [0.25, 0.3) is 0 Å². The summed E-state index contributed by atoms with van der Waals surface area (Å²) < 4.78 is 0. The Hall–Kier alpha value is -0.0800. The van der Waals surface area contributed by atoms with Gasteiger partial charge in [0.2, 0.25) is 0 Å². The second-order valence-electron chi connectivity index (χ2n) is 7.28. The van der Waals surface area contributed by atoms with Crippen molar-refractivity contribution in [2.75, 3.05) is 32.7 Å². The summed E-state index contributed by atoms with van der Waals surface area (Å²) in [6.45, 7) is 15.6. The number of nitrogens with zero attached hydrogens (tertiary/aromatic N) is 1. The van der Waals surface area contributed by atoms with Gasteiger partial charge in [-0.15, -0.1) is 0 Å². The molecule has 1 aliphatic rings. The first-order valence-electron chi connectivity index (χ1n) is 8.49. The monoisotopic (exact) mass is 268 g/mol. The van der Waals surface area contributed by atoms with Crippen molar-refractivity contribution >= 4 is 0 Å². The van der Waals surface area contributed by atoms with Crippen molar-refractivity contribution in [2.45, 2.75) is 66.2 Å². The summed E-state index contributed by atoms with van der Waals surface area (Å²) in [7, 11) is 0. The van der Waals surface area contributed by atoms with Gasteiger partial charge in [0.1, 0.15) is 0 Å². The summed E-state index contributed by atoms with van der Waals surface area (Å²) >= 11 is 0. The fourth-order valence-electron chi connectivity index (χ4n) is 3.32. The Labute approximate surface area is 121 Å². The lowest BCUT2D eigenvalue weighted by Crippen LogP contribution is -2.43. The van der Waals surface area contributed by atoms with Gasteiger partial charge in [0.15, 0.2) is 0 Å². The van der Waals surface area contributed by atoms with E-state index in [2.05, 4.69) is 37.9 Å². The Balaban J connectivity index is 2.43. The zero-order valence-corrected chi connectivity index (χ0v) is 13.8. The van der Waals surface area contributed by atoms with E-state index in [-0.39, 0.29) is 0 Å². The highest BCUT2D eigenvalue weighted by atomic mass is 15.1. The second kappa shape index (κ2) is 8.97. The van der Waals surface area contributed by atoms with Gasteiger partial charge in [0, 0.05) is 13.1 Å². The Morgan fingerprint density at radius 1 is 1.11 bits per heavy atom. The molecule has 0 spiro atoms. The van der Waals surface area contributed by atoms with Crippen LogP contribution in [0.2, 0.25) is 0 Å². The van der Waals surface area contributed by atoms with Crippen LogP contribution < -0.4 is 5.32 Å². The number of nitrogens with one attached hydrogen (secondary N) is 1. The number of hydrogen-bond acceptors (Lipinski definition) is 2. The van der Waals surface area contributed by atoms with Gasteiger partial charge in [0.05, 0.1) is 0 Å². The molecule has 1 unspecified atom stereocenters. The van der Waals surface area contributed by atoms with E-state index >= 15 is 0 Å². The second-order valence-corrected chi connectivity index (χ2v) is 7.28. The normalized spacial score (nSPS) is 21.3. The first-order valence-corrected chi connectivity index (χ1v) is 8.49. The van der Waals surface area contributed by atoms with E-state index in [1.54, 1.807) is 0 Å². The van der Waals surface area contributed by atoms with Crippen LogP contribution in [0, 0.1) is 11.3 Å². The number of likely N-dealkylation sites (tertiary alicyclic amines) is 1. The first kappa shape index (κ1) is 17.0. The molecule has 0 amide bonds. The lowest BCUT2D eigenvalue weighted by Gasteiger charge is -2.35. The van der Waals surface area contributed by atoms with Gasteiger partial charge < -0.3 is 10.2 Å². The summed E-state index contributed by atoms with van der Waals surface area (Å²) in [5, 5.41) is 3.69. The molecule has 0 aliphatic carbocycles. The predicted molar refractivity (Wildman–Crippen MR) is 85.6 cm³/mol. The molecular weight excluding hydrogens is 232 g/mol. The summed E-state index contributed by atoms with van der Waals surface area (Å²) in [6, 6.07) is 0. The zero-order valence-electron chi connectivity index (χ0n) is 13.8. The van der Waals surface area contributed by atoms with Gasteiger partial charge in [-0.1, -0.05) is 47.0 Å². The van der Waals surface area contributed by atoms with Crippen molar-refractivity contribution in [3.8, 4) is 0 Å². The highest BCUT2D eigenvalue weighted by Crippen LogP contribution is 2.25. The highest BCUT2D eigenvalue weighted by molar-refractivity contribution is 4.81. The van der Waals surface area contributed by atoms with Crippen LogP contribution in [0.4, 0.5) is 0 Å². The minimum atomic E-state index is 0.452. The third kappa shape index (κ3) is 7.31. The molecule has 0 saturated carbocycles. The minimum Gasteiger partial charge on any atom is -0.316 e. The summed E-state index contributed by atoms with van der Waals surface area (Å²) in [6.07, 6.45) is 8.32. The standard InChI is InChI=1S/C17H36N2/c1-5-10-17(4,14-18-13-16(2)3)15-19-11-8-6-7-9-12-19/h16,18H,5-15H2,1-4H3. The topological polar surface area (TPSA) is 15.3 Å². The van der Waals surface area contributed by atoms with E-state index in [9.17, 15) is 0 Å². The molecule has 1 fully saturated rings. The molecule has 1 saturated heterocycles. The average Bonchev–Trinajstić information content (AvgIpc) is 2.57. The van der Waals surface area contributed by atoms with Gasteiger partial charge in [-0.05, 0) is 50.2 Å². The molecule has 114 valence electrons. The van der Waals surface area contributed by atoms with Gasteiger partial charge in [-0.3, -0.25) is 0 Å². The molecule has 0 bridgehead atoms. The maximum Gasteiger partial charge on any atom is 0.00475 e. The number of rotatable bonds is 8. The molecule has 0 aromatic heterocycles. The Bertz CT molecular complexity index is 219. The lowest BCUT2D eigenvalue weighted by molar-refractivity contribution is 0.152. The summed E-state index contributed by atoms with van der Waals surface area (Å²) in [5.41, 5.74) is 0.452. The van der Waals surface area contributed by atoms with E-state index < -0.39 is 0 Å². The molecule has 2 nitrogen and oxygen atoms in total. The zero-order chi connectivity index (χ0) is 14.1. The van der Waals surface area contributed by atoms with E-state index in [1.165, 1.54) is 64.7 Å². The van der Waals surface area contributed by atoms with Crippen LogP contribution in [0.15, 0.2) is 0 Å². The van der Waals surface area contributed by atoms with Crippen LogP contribution in [-0.4, -0.2) is 37.6 Å². The highest BCUT2D eigenvalue weighted by Gasteiger charge is 2.26. The van der Waals surface area contributed by atoms with Gasteiger partial charge in [-0.25, -0.2) is 0 Å². The molecule has 1 atom stereocenters. The maximum absolute atomic E-state index is 3.69. The van der Waals surface area contributed by atoms with Crippen LogP contribution in [0.5, 0.6) is 0 Å². The quantitative estimate of drug-likeness (QED) is 0.718. The van der Waals surface area contributed by atoms with Crippen molar-refractivity contribution in [3.05, 3.63) is 0 Å². The van der Waals surface area contributed by atoms with Crippen LogP contribution in [0.1, 0.15) is 66.2 Å². The van der Waals surface area contributed by atoms with Crippen LogP contribution >= 0.6 is 0 Å². The van der Waals surface area contributed by atoms with Crippen LogP contribution in [0.3, 0.4) is 0 Å². The Kier molecular flexibility index (Phi) is 8.01. The fraction of sp³-hybridized carbons (Fsp3) is 1.00. The van der Waals surface area contributed by atoms with E-state index in [0.29, 0.717) is 5.41 Å². The SMILES string of the molecule is CCCC(C)(CNCC(C)C)CN1CCCCCC1. The lowest BCUT2D eigenvalue weighted by atomic mass is 9.84. The van der Waals surface area contributed by atoms with Gasteiger partial charge in [-0.2, -0.15) is 0 Å². The Morgan fingerprint density at radius 3 is 2.26 bits per heavy atom. The van der Waals surface area contributed by atoms with Crippen molar-refractivity contribution in [3.63, 3.8) is 0 Å². The van der Waals surface area contributed by atoms with Crippen molar-refractivity contribution in [1.29, 1.82) is 0 Å². The fourth-order valence-corrected chi connectivity index (χ4v) is 3.32. The van der Waals surface area contributed by atoms with Crippen LogP contribution in [-0.2, 0) is 0 Å². The van der Waals surface area contributed by atoms with Gasteiger partial charge >= 0.3 is 0 Å². The molecule has 0 aromatic rings. The summed E-state index contributed by atoms with van der Waals surface area (Å²) in [5.74, 6) is 0.754. The largest absolute Gasteiger partial charge is 0.316 e. The average molecular weight is 268 g/mol. The maximum atomic E-state index is 3.69. The first-order chi connectivity index (χ1) is 9.06. The molecule has 19 heavy (non-hydrogen) atoms. The van der Waals surface area contributed by atoms with Crippen molar-refractivity contribution < 1.29 is 0 Å². The minimum absolute atomic E-state index is 0.452. The smallest absolute Gasteiger partial charge is 0.00475 e. The van der Waals surface area contributed by atoms with E-state index in [1.807, 2.05) is 0 Å². The third-order valence-corrected chi connectivity index (χ3v) is 4.26. The van der Waals surface area contributed by atoms with Crippen molar-refractivity contribution in [2.24, 2.45) is 11.3 Å².